The number of rotatable bonds is 3. The van der Waals surface area contributed by atoms with Crippen LogP contribution in [0.1, 0.15) is 13.3 Å². The molecule has 1 aromatic heterocycles. The molecule has 0 aliphatic heterocycles. The lowest BCUT2D eigenvalue weighted by atomic mass is 10.6. The van der Waals surface area contributed by atoms with Crippen LogP contribution >= 0.6 is 0 Å². The Morgan fingerprint density at radius 1 is 1.50 bits per heavy atom. The molecule has 0 saturated carbocycles. The van der Waals surface area contributed by atoms with Crippen LogP contribution in [0.5, 0.6) is 0 Å². The van der Waals surface area contributed by atoms with Gasteiger partial charge in [0.1, 0.15) is 0 Å². The topological polar surface area (TPSA) is 77.7 Å². The highest BCUT2D eigenvalue weighted by Gasteiger charge is 2.19. The van der Waals surface area contributed by atoms with Crippen LogP contribution in [0.25, 0.3) is 0 Å². The molecule has 0 N–H and O–H groups in total. The van der Waals surface area contributed by atoms with E-state index in [2.05, 4.69) is 15.5 Å². The zero-order valence-corrected chi connectivity index (χ0v) is 7.74. The SMILES string of the molecule is CCCS(=O)(=O)c1nnnn1C. The molecular formula is C5H10N4O2S. The lowest BCUT2D eigenvalue weighted by molar-refractivity contribution is 0.568. The first-order chi connectivity index (χ1) is 5.58. The van der Waals surface area contributed by atoms with E-state index < -0.39 is 9.84 Å². The van der Waals surface area contributed by atoms with Crippen molar-refractivity contribution in [2.24, 2.45) is 7.05 Å². The standard InChI is InChI=1S/C5H10N4O2S/c1-3-4-12(10,11)5-6-7-8-9(5)2/h3-4H2,1-2H3. The first-order valence-corrected chi connectivity index (χ1v) is 5.18. The number of aryl methyl sites for hydroxylation is 1. The van der Waals surface area contributed by atoms with E-state index in [-0.39, 0.29) is 10.9 Å². The van der Waals surface area contributed by atoms with Gasteiger partial charge in [-0.2, -0.15) is 0 Å². The molecule has 0 aliphatic rings. The summed E-state index contributed by atoms with van der Waals surface area (Å²) in [5.41, 5.74) is 0. The van der Waals surface area contributed by atoms with Gasteiger partial charge in [-0.05, 0) is 16.8 Å². The van der Waals surface area contributed by atoms with Gasteiger partial charge in [0, 0.05) is 7.05 Å². The third-order valence-electron chi connectivity index (χ3n) is 1.33. The summed E-state index contributed by atoms with van der Waals surface area (Å²) in [5.74, 6) is 0.0845. The van der Waals surface area contributed by atoms with Gasteiger partial charge < -0.3 is 0 Å². The smallest absolute Gasteiger partial charge is 0.220 e. The Morgan fingerprint density at radius 3 is 2.58 bits per heavy atom. The molecule has 0 unspecified atom stereocenters. The van der Waals surface area contributed by atoms with Gasteiger partial charge in [0.05, 0.1) is 5.75 Å². The van der Waals surface area contributed by atoms with Crippen molar-refractivity contribution in [2.75, 3.05) is 5.75 Å². The summed E-state index contributed by atoms with van der Waals surface area (Å²) in [6, 6.07) is 0. The molecule has 7 heteroatoms. The summed E-state index contributed by atoms with van der Waals surface area (Å²) < 4.78 is 23.9. The number of sulfone groups is 1. The van der Waals surface area contributed by atoms with Gasteiger partial charge in [-0.3, -0.25) is 0 Å². The third-order valence-corrected chi connectivity index (χ3v) is 3.18. The van der Waals surface area contributed by atoms with Gasteiger partial charge in [0.25, 0.3) is 5.16 Å². The normalized spacial score (nSPS) is 11.8. The number of nitrogens with zero attached hydrogens (tertiary/aromatic N) is 4. The van der Waals surface area contributed by atoms with Gasteiger partial charge in [-0.15, -0.1) is 0 Å². The summed E-state index contributed by atoms with van der Waals surface area (Å²) >= 11 is 0. The molecule has 0 saturated heterocycles. The summed E-state index contributed by atoms with van der Waals surface area (Å²) in [7, 11) is -1.77. The lowest BCUT2D eigenvalue weighted by Crippen LogP contribution is -2.12. The summed E-state index contributed by atoms with van der Waals surface area (Å²) in [6.45, 7) is 1.79. The van der Waals surface area contributed by atoms with E-state index >= 15 is 0 Å². The van der Waals surface area contributed by atoms with E-state index in [4.69, 9.17) is 0 Å². The van der Waals surface area contributed by atoms with Gasteiger partial charge in [0.15, 0.2) is 0 Å². The molecule has 0 bridgehead atoms. The van der Waals surface area contributed by atoms with Crippen molar-refractivity contribution in [1.29, 1.82) is 0 Å². The van der Waals surface area contributed by atoms with Crippen molar-refractivity contribution >= 4 is 9.84 Å². The molecule has 1 heterocycles. The fourth-order valence-corrected chi connectivity index (χ4v) is 2.16. The summed E-state index contributed by atoms with van der Waals surface area (Å²) in [5, 5.41) is 10.1. The predicted octanol–water partition coefficient (Wildman–Crippen LogP) is -0.606. The minimum absolute atomic E-state index is 0.0654. The monoisotopic (exact) mass is 190 g/mol. The van der Waals surface area contributed by atoms with Crippen molar-refractivity contribution in [1.82, 2.24) is 20.2 Å². The van der Waals surface area contributed by atoms with E-state index in [1.54, 1.807) is 6.92 Å². The molecule has 68 valence electrons. The average molecular weight is 190 g/mol. The van der Waals surface area contributed by atoms with Crippen LogP contribution in [-0.4, -0.2) is 34.4 Å². The number of tetrazole rings is 1. The van der Waals surface area contributed by atoms with Crippen molar-refractivity contribution < 1.29 is 8.42 Å². The zero-order chi connectivity index (χ0) is 9.19. The summed E-state index contributed by atoms with van der Waals surface area (Å²) in [4.78, 5) is 0. The lowest BCUT2D eigenvalue weighted by Gasteiger charge is -1.97. The van der Waals surface area contributed by atoms with E-state index in [9.17, 15) is 8.42 Å². The van der Waals surface area contributed by atoms with E-state index in [0.29, 0.717) is 6.42 Å². The molecule has 0 aromatic carbocycles. The third kappa shape index (κ3) is 1.60. The van der Waals surface area contributed by atoms with E-state index in [1.807, 2.05) is 0 Å². The Kier molecular flexibility index (Phi) is 2.41. The second-order valence-electron chi connectivity index (χ2n) is 2.40. The van der Waals surface area contributed by atoms with Crippen molar-refractivity contribution in [3.63, 3.8) is 0 Å². The molecule has 1 rings (SSSR count). The average Bonchev–Trinajstić information content (AvgIpc) is 2.35. The molecule has 1 aromatic rings. The van der Waals surface area contributed by atoms with Crippen LogP contribution in [0.2, 0.25) is 0 Å². The first-order valence-electron chi connectivity index (χ1n) is 3.53. The fourth-order valence-electron chi connectivity index (χ4n) is 0.845. The molecule has 6 nitrogen and oxygen atoms in total. The molecule has 0 spiro atoms. The molecular weight excluding hydrogens is 180 g/mol. The van der Waals surface area contributed by atoms with Crippen LogP contribution in [0, 0.1) is 0 Å². The first kappa shape index (κ1) is 9.11. The highest BCUT2D eigenvalue weighted by atomic mass is 32.2. The maximum Gasteiger partial charge on any atom is 0.267 e. The zero-order valence-electron chi connectivity index (χ0n) is 6.93. The van der Waals surface area contributed by atoms with Gasteiger partial charge in [0.2, 0.25) is 9.84 Å². The summed E-state index contributed by atoms with van der Waals surface area (Å²) in [6.07, 6.45) is 0.565. The Balaban J connectivity index is 3.06. The minimum atomic E-state index is -3.27. The predicted molar refractivity (Wildman–Crippen MR) is 41.1 cm³/mol. The highest BCUT2D eigenvalue weighted by molar-refractivity contribution is 7.91. The Bertz CT molecular complexity index is 355. The molecule has 0 radical (unpaired) electrons. The van der Waals surface area contributed by atoms with Crippen LogP contribution < -0.4 is 0 Å². The molecule has 0 atom stereocenters. The molecule has 0 fully saturated rings. The van der Waals surface area contributed by atoms with E-state index in [1.165, 1.54) is 7.05 Å². The molecule has 0 aliphatic carbocycles. The largest absolute Gasteiger partial charge is 0.267 e. The second kappa shape index (κ2) is 3.18. The maximum absolute atomic E-state index is 11.4. The number of hydrogen-bond acceptors (Lipinski definition) is 5. The van der Waals surface area contributed by atoms with Gasteiger partial charge in [-0.25, -0.2) is 13.1 Å². The Morgan fingerprint density at radius 2 is 2.17 bits per heavy atom. The Hall–Kier alpha value is -0.980. The molecule has 12 heavy (non-hydrogen) atoms. The maximum atomic E-state index is 11.4. The van der Waals surface area contributed by atoms with Crippen molar-refractivity contribution in [3.8, 4) is 0 Å². The minimum Gasteiger partial charge on any atom is -0.220 e. The van der Waals surface area contributed by atoms with Crippen LogP contribution in [-0.2, 0) is 16.9 Å². The Labute approximate surface area is 70.5 Å². The van der Waals surface area contributed by atoms with Gasteiger partial charge >= 0.3 is 0 Å². The van der Waals surface area contributed by atoms with Crippen LogP contribution in [0.15, 0.2) is 5.16 Å². The fraction of sp³-hybridized carbons (Fsp3) is 0.800. The van der Waals surface area contributed by atoms with Crippen LogP contribution in [0.4, 0.5) is 0 Å². The highest BCUT2D eigenvalue weighted by Crippen LogP contribution is 2.04. The van der Waals surface area contributed by atoms with Gasteiger partial charge in [-0.1, -0.05) is 12.0 Å². The van der Waals surface area contributed by atoms with Crippen LogP contribution in [0.3, 0.4) is 0 Å². The van der Waals surface area contributed by atoms with Crippen molar-refractivity contribution in [2.45, 2.75) is 18.5 Å². The second-order valence-corrected chi connectivity index (χ2v) is 4.41. The quantitative estimate of drug-likeness (QED) is 0.635. The molecule has 0 amide bonds. The number of hydrogen-bond donors (Lipinski definition) is 0. The van der Waals surface area contributed by atoms with E-state index in [0.717, 1.165) is 4.68 Å². The van der Waals surface area contributed by atoms with Crippen molar-refractivity contribution in [3.05, 3.63) is 0 Å². The number of aromatic nitrogens is 4.